The van der Waals surface area contributed by atoms with Gasteiger partial charge in [0.25, 0.3) is 0 Å². The fourth-order valence-corrected chi connectivity index (χ4v) is 2.92. The summed E-state index contributed by atoms with van der Waals surface area (Å²) in [7, 11) is 0. The van der Waals surface area contributed by atoms with E-state index in [1.165, 1.54) is 0 Å². The minimum Gasteiger partial charge on any atom is -0.439 e. The molecule has 0 bridgehead atoms. The van der Waals surface area contributed by atoms with Gasteiger partial charge in [-0.2, -0.15) is 5.10 Å². The second-order valence-corrected chi connectivity index (χ2v) is 6.85. The fraction of sp³-hybridized carbons (Fsp3) is 0.182. The molecule has 0 aliphatic heterocycles. The Morgan fingerprint density at radius 1 is 1.07 bits per heavy atom. The van der Waals surface area contributed by atoms with Crippen LogP contribution in [-0.4, -0.2) is 25.7 Å². The van der Waals surface area contributed by atoms with Crippen LogP contribution in [0.1, 0.15) is 35.9 Å². The number of benzene rings is 1. The Morgan fingerprint density at radius 3 is 2.52 bits per heavy atom. The molecule has 0 aliphatic carbocycles. The number of esters is 1. The van der Waals surface area contributed by atoms with Crippen LogP contribution in [0.2, 0.25) is 0 Å². The van der Waals surface area contributed by atoms with Gasteiger partial charge in [0.15, 0.2) is 5.65 Å². The van der Waals surface area contributed by atoms with E-state index in [4.69, 9.17) is 9.47 Å². The molecule has 0 saturated carbocycles. The van der Waals surface area contributed by atoms with Gasteiger partial charge in [0.2, 0.25) is 5.88 Å². The van der Waals surface area contributed by atoms with Gasteiger partial charge >= 0.3 is 5.97 Å². The number of ether oxygens (including phenoxy) is 2. The molecule has 0 saturated heterocycles. The molecule has 4 aromatic rings. The van der Waals surface area contributed by atoms with Crippen molar-refractivity contribution in [2.24, 2.45) is 0 Å². The molecule has 0 amide bonds. The fourth-order valence-electron chi connectivity index (χ4n) is 2.92. The van der Waals surface area contributed by atoms with E-state index in [9.17, 15) is 4.79 Å². The summed E-state index contributed by atoms with van der Waals surface area (Å²) in [5.74, 6) is 1.05. The molecule has 0 atom stereocenters. The van der Waals surface area contributed by atoms with Crippen molar-refractivity contribution in [1.82, 2.24) is 19.7 Å². The van der Waals surface area contributed by atoms with Crippen molar-refractivity contribution in [3.8, 4) is 17.4 Å². The average molecular weight is 388 g/mol. The molecule has 4 rings (SSSR count). The van der Waals surface area contributed by atoms with Crippen molar-refractivity contribution >= 4 is 17.0 Å². The van der Waals surface area contributed by atoms with Crippen LogP contribution in [0.25, 0.3) is 11.0 Å². The van der Waals surface area contributed by atoms with Crippen LogP contribution in [-0.2, 0) is 0 Å². The van der Waals surface area contributed by atoms with Crippen molar-refractivity contribution in [3.05, 3.63) is 72.2 Å². The summed E-state index contributed by atoms with van der Waals surface area (Å²) < 4.78 is 13.0. The Hall–Kier alpha value is -3.74. The van der Waals surface area contributed by atoms with Gasteiger partial charge < -0.3 is 9.47 Å². The Bertz CT molecular complexity index is 1150. The van der Waals surface area contributed by atoms with Crippen molar-refractivity contribution in [1.29, 1.82) is 0 Å². The molecule has 1 aromatic carbocycles. The van der Waals surface area contributed by atoms with Crippen LogP contribution in [0, 0.1) is 6.92 Å². The van der Waals surface area contributed by atoms with Gasteiger partial charge in [0.05, 0.1) is 17.5 Å². The first-order valence-corrected chi connectivity index (χ1v) is 9.27. The summed E-state index contributed by atoms with van der Waals surface area (Å²) >= 11 is 0. The van der Waals surface area contributed by atoms with Gasteiger partial charge in [0.1, 0.15) is 11.5 Å². The Balaban J connectivity index is 1.51. The molecule has 3 aromatic heterocycles. The number of carbonyl (C=O) groups is 1. The van der Waals surface area contributed by atoms with Crippen LogP contribution in [0.5, 0.6) is 17.4 Å². The van der Waals surface area contributed by atoms with E-state index in [0.29, 0.717) is 28.6 Å². The summed E-state index contributed by atoms with van der Waals surface area (Å²) in [5, 5.41) is 5.15. The van der Waals surface area contributed by atoms with Crippen molar-refractivity contribution in [3.63, 3.8) is 0 Å². The molecule has 146 valence electrons. The van der Waals surface area contributed by atoms with E-state index in [1.54, 1.807) is 55.7 Å². The van der Waals surface area contributed by atoms with E-state index in [0.717, 1.165) is 11.0 Å². The van der Waals surface area contributed by atoms with Gasteiger partial charge in [-0.05, 0) is 57.2 Å². The molecule has 7 heteroatoms. The Kier molecular flexibility index (Phi) is 4.95. The largest absolute Gasteiger partial charge is 0.439 e. The lowest BCUT2D eigenvalue weighted by atomic mass is 10.1. The van der Waals surface area contributed by atoms with Gasteiger partial charge in [-0.15, -0.1) is 0 Å². The summed E-state index contributed by atoms with van der Waals surface area (Å²) in [6.07, 6.45) is 3.37. The molecule has 0 aliphatic rings. The highest BCUT2D eigenvalue weighted by atomic mass is 16.5. The lowest BCUT2D eigenvalue weighted by Gasteiger charge is -2.10. The lowest BCUT2D eigenvalue weighted by Crippen LogP contribution is -2.12. The molecular formula is C22H20N4O3. The average Bonchev–Trinajstić information content (AvgIpc) is 3.12. The van der Waals surface area contributed by atoms with Crippen molar-refractivity contribution in [2.75, 3.05) is 0 Å². The van der Waals surface area contributed by atoms with E-state index in [2.05, 4.69) is 15.1 Å². The monoisotopic (exact) mass is 388 g/mol. The highest BCUT2D eigenvalue weighted by Gasteiger charge is 2.17. The molecule has 29 heavy (non-hydrogen) atoms. The van der Waals surface area contributed by atoms with Crippen LogP contribution < -0.4 is 9.47 Å². The molecule has 0 radical (unpaired) electrons. The highest BCUT2D eigenvalue weighted by Crippen LogP contribution is 2.24. The zero-order valence-electron chi connectivity index (χ0n) is 16.4. The maximum Gasteiger partial charge on any atom is 0.345 e. The number of carbonyl (C=O) groups excluding carboxylic acids is 1. The summed E-state index contributed by atoms with van der Waals surface area (Å²) in [6.45, 7) is 5.86. The first-order valence-electron chi connectivity index (χ1n) is 9.27. The molecule has 0 fully saturated rings. The second-order valence-electron chi connectivity index (χ2n) is 6.85. The maximum absolute atomic E-state index is 12.7. The SMILES string of the molecule is Cc1nc2c(cnn2C(C)C)cc1C(=O)Oc1ccc(Oc2ccccn2)cc1. The molecule has 7 nitrogen and oxygen atoms in total. The quantitative estimate of drug-likeness (QED) is 0.363. The number of hydrogen-bond acceptors (Lipinski definition) is 6. The zero-order valence-corrected chi connectivity index (χ0v) is 16.4. The molecule has 0 N–H and O–H groups in total. The highest BCUT2D eigenvalue weighted by molar-refractivity contribution is 5.95. The van der Waals surface area contributed by atoms with E-state index >= 15 is 0 Å². The van der Waals surface area contributed by atoms with Gasteiger partial charge in [-0.25, -0.2) is 19.4 Å². The first-order chi connectivity index (χ1) is 14.0. The van der Waals surface area contributed by atoms with Gasteiger partial charge in [-0.1, -0.05) is 6.07 Å². The third kappa shape index (κ3) is 3.94. The summed E-state index contributed by atoms with van der Waals surface area (Å²) in [5.41, 5.74) is 1.76. The van der Waals surface area contributed by atoms with Gasteiger partial charge in [-0.3, -0.25) is 0 Å². The van der Waals surface area contributed by atoms with E-state index in [1.807, 2.05) is 30.7 Å². The molecule has 0 unspecified atom stereocenters. The minimum absolute atomic E-state index is 0.184. The lowest BCUT2D eigenvalue weighted by molar-refractivity contribution is 0.0733. The van der Waals surface area contributed by atoms with Crippen LogP contribution >= 0.6 is 0 Å². The summed E-state index contributed by atoms with van der Waals surface area (Å²) in [4.78, 5) is 21.3. The predicted molar refractivity (Wildman–Crippen MR) is 108 cm³/mol. The number of hydrogen-bond donors (Lipinski definition) is 0. The number of rotatable bonds is 5. The number of pyridine rings is 2. The molecule has 3 heterocycles. The van der Waals surface area contributed by atoms with Gasteiger partial charge in [0, 0.05) is 23.7 Å². The van der Waals surface area contributed by atoms with E-state index in [-0.39, 0.29) is 6.04 Å². The van der Waals surface area contributed by atoms with Crippen LogP contribution in [0.3, 0.4) is 0 Å². The second kappa shape index (κ2) is 7.71. The molecule has 0 spiro atoms. The number of aromatic nitrogens is 4. The standard InChI is InChI=1S/C22H20N4O3/c1-14(2)26-21-16(13-24-26)12-19(15(3)25-21)22(27)29-18-9-7-17(8-10-18)28-20-6-4-5-11-23-20/h4-14H,1-3H3. The third-order valence-corrected chi connectivity index (χ3v) is 4.36. The number of fused-ring (bicyclic) bond motifs is 1. The zero-order chi connectivity index (χ0) is 20.4. The third-order valence-electron chi connectivity index (χ3n) is 4.36. The van der Waals surface area contributed by atoms with Crippen LogP contribution in [0.15, 0.2) is 60.9 Å². The van der Waals surface area contributed by atoms with Crippen molar-refractivity contribution in [2.45, 2.75) is 26.8 Å². The smallest absolute Gasteiger partial charge is 0.345 e. The number of aryl methyl sites for hydroxylation is 1. The van der Waals surface area contributed by atoms with Crippen molar-refractivity contribution < 1.29 is 14.3 Å². The predicted octanol–water partition coefficient (Wildman–Crippen LogP) is 4.73. The minimum atomic E-state index is -0.465. The van der Waals surface area contributed by atoms with E-state index < -0.39 is 5.97 Å². The first kappa shape index (κ1) is 18.6. The number of nitrogens with zero attached hydrogens (tertiary/aromatic N) is 4. The van der Waals surface area contributed by atoms with Crippen LogP contribution in [0.4, 0.5) is 0 Å². The topological polar surface area (TPSA) is 79.1 Å². The normalized spacial score (nSPS) is 11.0. The summed E-state index contributed by atoms with van der Waals surface area (Å²) in [6, 6.07) is 14.2. The Labute approximate surface area is 167 Å². The Morgan fingerprint density at radius 2 is 1.83 bits per heavy atom. The maximum atomic E-state index is 12.7. The molecular weight excluding hydrogens is 368 g/mol.